The number of amides is 1. The summed E-state index contributed by atoms with van der Waals surface area (Å²) in [6.45, 7) is 10.4. The third-order valence-electron chi connectivity index (χ3n) is 4.26. The van der Waals surface area contributed by atoms with Gasteiger partial charge in [0.2, 0.25) is 0 Å². The van der Waals surface area contributed by atoms with Crippen LogP contribution in [0.3, 0.4) is 0 Å². The Kier molecular flexibility index (Phi) is 4.58. The van der Waals surface area contributed by atoms with Crippen molar-refractivity contribution in [2.45, 2.75) is 59.1 Å². The quantitative estimate of drug-likeness (QED) is 0.768. The molecule has 1 aromatic heterocycles. The lowest BCUT2D eigenvalue weighted by molar-refractivity contribution is 0.0204. The largest absolute Gasteiger partial charge is 0.444 e. The van der Waals surface area contributed by atoms with Crippen molar-refractivity contribution >= 4 is 6.09 Å². The Hall–Kier alpha value is -2.30. The Balaban J connectivity index is 1.82. The Morgan fingerprint density at radius 3 is 2.52 bits per heavy atom. The maximum Gasteiger partial charge on any atom is 0.410 e. The second-order valence-electron chi connectivity index (χ2n) is 7.82. The van der Waals surface area contributed by atoms with Gasteiger partial charge in [0.1, 0.15) is 11.3 Å². The van der Waals surface area contributed by atoms with Crippen LogP contribution in [-0.2, 0) is 4.74 Å². The zero-order valence-corrected chi connectivity index (χ0v) is 15.6. The van der Waals surface area contributed by atoms with E-state index in [4.69, 9.17) is 9.26 Å². The van der Waals surface area contributed by atoms with Crippen molar-refractivity contribution in [3.63, 3.8) is 0 Å². The van der Waals surface area contributed by atoms with Gasteiger partial charge in [0, 0.05) is 18.2 Å². The maximum atomic E-state index is 12.5. The highest BCUT2D eigenvalue weighted by Gasteiger charge is 2.35. The van der Waals surface area contributed by atoms with Crippen LogP contribution in [0.5, 0.6) is 0 Å². The minimum absolute atomic E-state index is 0.109. The van der Waals surface area contributed by atoms with Crippen molar-refractivity contribution < 1.29 is 14.1 Å². The molecule has 5 heteroatoms. The van der Waals surface area contributed by atoms with Gasteiger partial charge in [-0.15, -0.1) is 0 Å². The molecule has 2 aromatic rings. The Morgan fingerprint density at radius 2 is 1.88 bits per heavy atom. The number of nitrogens with zero attached hydrogens (tertiary/aromatic N) is 2. The molecule has 1 saturated heterocycles. The van der Waals surface area contributed by atoms with Crippen LogP contribution in [-0.4, -0.2) is 28.3 Å². The predicted molar refractivity (Wildman–Crippen MR) is 96.3 cm³/mol. The molecule has 3 rings (SSSR count). The number of benzene rings is 1. The van der Waals surface area contributed by atoms with Gasteiger partial charge >= 0.3 is 6.09 Å². The van der Waals surface area contributed by atoms with Crippen molar-refractivity contribution in [1.29, 1.82) is 0 Å². The summed E-state index contributed by atoms with van der Waals surface area (Å²) in [5.74, 6) is 0.720. The van der Waals surface area contributed by atoms with Crippen molar-refractivity contribution in [2.75, 3.05) is 6.54 Å². The topological polar surface area (TPSA) is 55.6 Å². The summed E-state index contributed by atoms with van der Waals surface area (Å²) in [6.07, 6.45) is 1.50. The number of hydrogen-bond donors (Lipinski definition) is 0. The molecule has 1 atom stereocenters. The van der Waals surface area contributed by atoms with Gasteiger partial charge in [-0.2, -0.15) is 0 Å². The third kappa shape index (κ3) is 4.03. The van der Waals surface area contributed by atoms with Crippen molar-refractivity contribution in [2.24, 2.45) is 0 Å². The molecule has 0 radical (unpaired) electrons. The maximum absolute atomic E-state index is 12.5. The number of rotatable bonds is 2. The fourth-order valence-electron chi connectivity index (χ4n) is 3.31. The molecule has 25 heavy (non-hydrogen) atoms. The van der Waals surface area contributed by atoms with E-state index in [2.05, 4.69) is 37.2 Å². The smallest absolute Gasteiger partial charge is 0.410 e. The van der Waals surface area contributed by atoms with Crippen molar-refractivity contribution in [3.8, 4) is 11.3 Å². The van der Waals surface area contributed by atoms with E-state index in [1.807, 2.05) is 26.8 Å². The zero-order chi connectivity index (χ0) is 18.2. The second kappa shape index (κ2) is 6.54. The van der Waals surface area contributed by atoms with Crippen molar-refractivity contribution in [1.82, 2.24) is 10.1 Å². The number of carbonyl (C=O) groups is 1. The van der Waals surface area contributed by atoms with Crippen LogP contribution in [0.2, 0.25) is 0 Å². The van der Waals surface area contributed by atoms with E-state index in [0.29, 0.717) is 6.54 Å². The average Bonchev–Trinajstić information content (AvgIpc) is 3.13. The molecular weight excluding hydrogens is 316 g/mol. The summed E-state index contributed by atoms with van der Waals surface area (Å²) < 4.78 is 11.1. The number of aromatic nitrogens is 1. The van der Waals surface area contributed by atoms with Crippen molar-refractivity contribution in [3.05, 3.63) is 41.2 Å². The number of hydrogen-bond acceptors (Lipinski definition) is 4. The molecular formula is C20H26N2O3. The van der Waals surface area contributed by atoms with Gasteiger partial charge in [-0.25, -0.2) is 4.79 Å². The summed E-state index contributed by atoms with van der Waals surface area (Å²) >= 11 is 0. The number of aryl methyl sites for hydroxylation is 2. The highest BCUT2D eigenvalue weighted by Crippen LogP contribution is 2.35. The normalized spacial score (nSPS) is 17.8. The average molecular weight is 342 g/mol. The number of carbonyl (C=O) groups excluding carboxylic acids is 1. The fourth-order valence-corrected chi connectivity index (χ4v) is 3.31. The first-order valence-electron chi connectivity index (χ1n) is 8.78. The molecule has 1 amide bonds. The molecule has 0 aliphatic carbocycles. The zero-order valence-electron chi connectivity index (χ0n) is 15.6. The van der Waals surface area contributed by atoms with E-state index in [0.717, 1.165) is 29.9 Å². The van der Waals surface area contributed by atoms with E-state index < -0.39 is 5.60 Å². The van der Waals surface area contributed by atoms with E-state index in [-0.39, 0.29) is 12.1 Å². The van der Waals surface area contributed by atoms with Gasteiger partial charge in [0.25, 0.3) is 0 Å². The van der Waals surface area contributed by atoms with Gasteiger partial charge < -0.3 is 9.26 Å². The minimum Gasteiger partial charge on any atom is -0.444 e. The molecule has 0 N–H and O–H groups in total. The van der Waals surface area contributed by atoms with Crippen LogP contribution in [0.15, 0.2) is 28.8 Å². The highest BCUT2D eigenvalue weighted by molar-refractivity contribution is 5.69. The molecule has 1 fully saturated rings. The number of likely N-dealkylation sites (tertiary alicyclic amines) is 1. The Labute approximate surface area is 148 Å². The fraction of sp³-hybridized carbons (Fsp3) is 0.500. The van der Waals surface area contributed by atoms with Crippen LogP contribution in [0.1, 0.15) is 56.5 Å². The van der Waals surface area contributed by atoms with E-state index >= 15 is 0 Å². The molecule has 0 spiro atoms. The first kappa shape index (κ1) is 17.5. The lowest BCUT2D eigenvalue weighted by Crippen LogP contribution is -2.36. The Bertz CT molecular complexity index is 753. The van der Waals surface area contributed by atoms with Crippen LogP contribution in [0.4, 0.5) is 4.79 Å². The molecule has 1 aliphatic heterocycles. The molecule has 0 bridgehead atoms. The van der Waals surface area contributed by atoms with E-state index in [1.54, 1.807) is 4.90 Å². The molecule has 2 heterocycles. The highest BCUT2D eigenvalue weighted by atomic mass is 16.6. The van der Waals surface area contributed by atoms with E-state index in [9.17, 15) is 4.79 Å². The number of ether oxygens (including phenoxy) is 1. The molecule has 134 valence electrons. The summed E-state index contributed by atoms with van der Waals surface area (Å²) in [6, 6.07) is 8.15. The van der Waals surface area contributed by atoms with Crippen LogP contribution in [0, 0.1) is 13.8 Å². The molecule has 5 nitrogen and oxygen atoms in total. The first-order valence-corrected chi connectivity index (χ1v) is 8.78. The molecule has 0 saturated carbocycles. The van der Waals surface area contributed by atoms with Crippen LogP contribution in [0.25, 0.3) is 11.3 Å². The standard InChI is InChI=1S/C20H26N2O3/c1-13-9-14(2)11-15(10-13)16-12-18(25-21-16)17-7-6-8-22(17)19(23)24-20(3,4)5/h9-12,17H,6-8H2,1-5H3/t17-/m0/s1. The second-order valence-corrected chi connectivity index (χ2v) is 7.82. The summed E-state index contributed by atoms with van der Waals surface area (Å²) in [5, 5.41) is 4.23. The van der Waals surface area contributed by atoms with Gasteiger partial charge in [0.15, 0.2) is 5.76 Å². The third-order valence-corrected chi connectivity index (χ3v) is 4.26. The Morgan fingerprint density at radius 1 is 1.20 bits per heavy atom. The van der Waals surface area contributed by atoms with Crippen LogP contribution < -0.4 is 0 Å². The summed E-state index contributed by atoms with van der Waals surface area (Å²) in [4.78, 5) is 14.2. The summed E-state index contributed by atoms with van der Waals surface area (Å²) in [7, 11) is 0. The van der Waals surface area contributed by atoms with Gasteiger partial charge in [-0.3, -0.25) is 4.90 Å². The monoisotopic (exact) mass is 342 g/mol. The first-order chi connectivity index (χ1) is 11.7. The van der Waals surface area contributed by atoms with Gasteiger partial charge in [-0.1, -0.05) is 22.3 Å². The molecule has 1 aromatic carbocycles. The lowest BCUT2D eigenvalue weighted by atomic mass is 10.0. The predicted octanol–water partition coefficient (Wildman–Crippen LogP) is 5.03. The van der Waals surface area contributed by atoms with E-state index in [1.165, 1.54) is 11.1 Å². The lowest BCUT2D eigenvalue weighted by Gasteiger charge is -2.27. The van der Waals surface area contributed by atoms with Gasteiger partial charge in [-0.05, 0) is 59.6 Å². The van der Waals surface area contributed by atoms with Crippen LogP contribution >= 0.6 is 0 Å². The van der Waals surface area contributed by atoms with Gasteiger partial charge in [0.05, 0.1) is 6.04 Å². The molecule has 1 aliphatic rings. The SMILES string of the molecule is Cc1cc(C)cc(-c2cc([C@@H]3CCCN3C(=O)OC(C)(C)C)on2)c1. The minimum atomic E-state index is -0.504. The summed E-state index contributed by atoms with van der Waals surface area (Å²) in [5.41, 5.74) is 3.72. The molecule has 0 unspecified atom stereocenters.